The Morgan fingerprint density at radius 3 is 2.35 bits per heavy atom. The smallest absolute Gasteiger partial charge is 0.0616 e. The van der Waals surface area contributed by atoms with E-state index in [9.17, 15) is 5.11 Å². The van der Waals surface area contributed by atoms with Crippen LogP contribution < -0.4 is 5.32 Å². The van der Waals surface area contributed by atoms with Crippen molar-refractivity contribution in [1.82, 2.24) is 5.32 Å². The van der Waals surface area contributed by atoms with Crippen LogP contribution in [0.3, 0.4) is 0 Å². The van der Waals surface area contributed by atoms with Gasteiger partial charge in [-0.3, -0.25) is 0 Å². The van der Waals surface area contributed by atoms with E-state index in [1.807, 2.05) is 6.07 Å². The summed E-state index contributed by atoms with van der Waals surface area (Å²) in [6.45, 7) is 7.64. The van der Waals surface area contributed by atoms with Crippen LogP contribution in [0.1, 0.15) is 32.8 Å². The molecule has 0 aliphatic rings. The van der Waals surface area contributed by atoms with Crippen molar-refractivity contribution in [3.8, 4) is 0 Å². The van der Waals surface area contributed by atoms with Gasteiger partial charge in [-0.1, -0.05) is 51.1 Å². The Kier molecular flexibility index (Phi) is 5.66. The molecule has 0 aromatic heterocycles. The molecule has 0 amide bonds. The third kappa shape index (κ3) is 4.49. The highest BCUT2D eigenvalue weighted by Crippen LogP contribution is 2.17. The molecular formula is C15H25NO. The summed E-state index contributed by atoms with van der Waals surface area (Å²) >= 11 is 0. The zero-order chi connectivity index (χ0) is 12.7. The van der Waals surface area contributed by atoms with Crippen LogP contribution in [0.25, 0.3) is 0 Å². The van der Waals surface area contributed by atoms with Crippen molar-refractivity contribution in [2.75, 3.05) is 13.2 Å². The molecule has 0 aliphatic heterocycles. The Labute approximate surface area is 105 Å². The Morgan fingerprint density at radius 1 is 1.24 bits per heavy atom. The third-order valence-corrected chi connectivity index (χ3v) is 3.25. The minimum atomic E-state index is -0.175. The van der Waals surface area contributed by atoms with Crippen molar-refractivity contribution in [3.05, 3.63) is 35.9 Å². The number of nitrogens with one attached hydrogen (secondary N) is 1. The molecule has 1 rings (SSSR count). The van der Waals surface area contributed by atoms with E-state index in [1.165, 1.54) is 5.56 Å². The van der Waals surface area contributed by atoms with E-state index in [-0.39, 0.29) is 12.1 Å². The van der Waals surface area contributed by atoms with E-state index in [0.717, 1.165) is 19.4 Å². The topological polar surface area (TPSA) is 32.3 Å². The van der Waals surface area contributed by atoms with Gasteiger partial charge in [-0.2, -0.15) is 0 Å². The summed E-state index contributed by atoms with van der Waals surface area (Å²) in [6, 6.07) is 10.4. The van der Waals surface area contributed by atoms with Crippen LogP contribution in [0.4, 0.5) is 0 Å². The number of benzene rings is 1. The van der Waals surface area contributed by atoms with Gasteiger partial charge in [0.15, 0.2) is 0 Å². The van der Waals surface area contributed by atoms with Crippen LogP contribution in [0.15, 0.2) is 30.3 Å². The number of rotatable bonds is 7. The molecule has 1 atom stereocenters. The van der Waals surface area contributed by atoms with Crippen molar-refractivity contribution >= 4 is 0 Å². The summed E-state index contributed by atoms with van der Waals surface area (Å²) in [6.07, 6.45) is 1.82. The molecule has 96 valence electrons. The maximum atomic E-state index is 9.69. The lowest BCUT2D eigenvalue weighted by molar-refractivity contribution is 0.151. The molecule has 0 saturated heterocycles. The average molecular weight is 235 g/mol. The molecule has 0 radical (unpaired) electrons. The van der Waals surface area contributed by atoms with Crippen LogP contribution in [0.2, 0.25) is 0 Å². The third-order valence-electron chi connectivity index (χ3n) is 3.25. The van der Waals surface area contributed by atoms with Gasteiger partial charge in [0.2, 0.25) is 0 Å². The minimum Gasteiger partial charge on any atom is -0.394 e. The largest absolute Gasteiger partial charge is 0.394 e. The molecule has 2 nitrogen and oxygen atoms in total. The van der Waals surface area contributed by atoms with Crippen molar-refractivity contribution < 1.29 is 5.11 Å². The van der Waals surface area contributed by atoms with Gasteiger partial charge < -0.3 is 10.4 Å². The lowest BCUT2D eigenvalue weighted by Gasteiger charge is -2.33. The molecule has 1 unspecified atom stereocenters. The van der Waals surface area contributed by atoms with Gasteiger partial charge in [0, 0.05) is 5.54 Å². The summed E-state index contributed by atoms with van der Waals surface area (Å²) in [5.74, 6) is 0.600. The zero-order valence-corrected chi connectivity index (χ0v) is 11.2. The molecule has 17 heavy (non-hydrogen) atoms. The molecule has 0 fully saturated rings. The van der Waals surface area contributed by atoms with Crippen LogP contribution >= 0.6 is 0 Å². The molecule has 1 aromatic carbocycles. The zero-order valence-electron chi connectivity index (χ0n) is 11.2. The van der Waals surface area contributed by atoms with E-state index in [1.54, 1.807) is 0 Å². The molecule has 0 aliphatic carbocycles. The first kappa shape index (κ1) is 14.2. The molecule has 2 N–H and O–H groups in total. The van der Waals surface area contributed by atoms with E-state index in [4.69, 9.17) is 0 Å². The first-order valence-electron chi connectivity index (χ1n) is 6.51. The number of aliphatic hydroxyl groups is 1. The second kappa shape index (κ2) is 6.77. The van der Waals surface area contributed by atoms with Crippen LogP contribution in [-0.2, 0) is 6.42 Å². The van der Waals surface area contributed by atoms with Crippen LogP contribution in [0.5, 0.6) is 0 Å². The van der Waals surface area contributed by atoms with E-state index >= 15 is 0 Å². The van der Waals surface area contributed by atoms with Crippen molar-refractivity contribution in [1.29, 1.82) is 0 Å². The van der Waals surface area contributed by atoms with E-state index in [2.05, 4.69) is 50.4 Å². The van der Waals surface area contributed by atoms with Gasteiger partial charge in [0.1, 0.15) is 0 Å². The van der Waals surface area contributed by atoms with Crippen molar-refractivity contribution in [2.45, 2.75) is 39.2 Å². The van der Waals surface area contributed by atoms with Gasteiger partial charge >= 0.3 is 0 Å². The molecule has 1 aromatic rings. The highest BCUT2D eigenvalue weighted by molar-refractivity contribution is 5.18. The number of hydrogen-bond acceptors (Lipinski definition) is 2. The van der Waals surface area contributed by atoms with Gasteiger partial charge in [0.25, 0.3) is 0 Å². The second-order valence-electron chi connectivity index (χ2n) is 5.23. The molecule has 0 heterocycles. The summed E-state index contributed by atoms with van der Waals surface area (Å²) in [5, 5.41) is 13.2. The Balaban J connectivity index is 2.70. The highest BCUT2D eigenvalue weighted by Gasteiger charge is 2.27. The summed E-state index contributed by atoms with van der Waals surface area (Å²) < 4.78 is 0. The van der Waals surface area contributed by atoms with Gasteiger partial charge in [-0.25, -0.2) is 0 Å². The quantitative estimate of drug-likeness (QED) is 0.761. The molecular weight excluding hydrogens is 210 g/mol. The lowest BCUT2D eigenvalue weighted by Crippen LogP contribution is -2.51. The summed E-state index contributed by atoms with van der Waals surface area (Å²) in [7, 11) is 0. The van der Waals surface area contributed by atoms with E-state index < -0.39 is 0 Å². The Hall–Kier alpha value is -0.860. The average Bonchev–Trinajstić information content (AvgIpc) is 2.36. The number of aliphatic hydroxyl groups excluding tert-OH is 1. The first-order chi connectivity index (χ1) is 8.12. The standard InChI is InChI=1S/C15H25NO/c1-4-15(12-17,16-11-13(2)3)10-14-8-6-5-7-9-14/h5-9,13,16-17H,4,10-12H2,1-3H3. The predicted octanol–water partition coefficient (Wildman–Crippen LogP) is 2.62. The highest BCUT2D eigenvalue weighted by atomic mass is 16.3. The second-order valence-corrected chi connectivity index (χ2v) is 5.23. The minimum absolute atomic E-state index is 0.175. The summed E-state index contributed by atoms with van der Waals surface area (Å²) in [4.78, 5) is 0. The number of hydrogen-bond donors (Lipinski definition) is 2. The molecule has 2 heteroatoms. The lowest BCUT2D eigenvalue weighted by atomic mass is 9.88. The van der Waals surface area contributed by atoms with Gasteiger partial charge in [0.05, 0.1) is 6.61 Å². The Morgan fingerprint density at radius 2 is 1.88 bits per heavy atom. The van der Waals surface area contributed by atoms with Crippen LogP contribution in [0, 0.1) is 5.92 Å². The SMILES string of the molecule is CCC(CO)(Cc1ccccc1)NCC(C)C. The molecule has 0 saturated carbocycles. The molecule has 0 spiro atoms. The maximum Gasteiger partial charge on any atom is 0.0616 e. The van der Waals surface area contributed by atoms with Gasteiger partial charge in [-0.15, -0.1) is 0 Å². The first-order valence-corrected chi connectivity index (χ1v) is 6.51. The van der Waals surface area contributed by atoms with Crippen molar-refractivity contribution in [3.63, 3.8) is 0 Å². The normalized spacial score (nSPS) is 14.9. The van der Waals surface area contributed by atoms with Gasteiger partial charge in [-0.05, 0) is 30.9 Å². The predicted molar refractivity (Wildman–Crippen MR) is 73.1 cm³/mol. The van der Waals surface area contributed by atoms with E-state index in [0.29, 0.717) is 5.92 Å². The fraction of sp³-hybridized carbons (Fsp3) is 0.600. The maximum absolute atomic E-state index is 9.69. The van der Waals surface area contributed by atoms with Crippen molar-refractivity contribution in [2.24, 2.45) is 5.92 Å². The Bertz CT molecular complexity index is 304. The van der Waals surface area contributed by atoms with Crippen LogP contribution in [-0.4, -0.2) is 23.8 Å². The summed E-state index contributed by atoms with van der Waals surface area (Å²) in [5.41, 5.74) is 1.10. The fourth-order valence-corrected chi connectivity index (χ4v) is 1.94. The monoisotopic (exact) mass is 235 g/mol. The fourth-order valence-electron chi connectivity index (χ4n) is 1.94. The molecule has 0 bridgehead atoms.